The molecule has 0 aromatic heterocycles. The van der Waals surface area contributed by atoms with Crippen LogP contribution in [0.2, 0.25) is 0 Å². The van der Waals surface area contributed by atoms with E-state index in [4.69, 9.17) is 4.74 Å². The van der Waals surface area contributed by atoms with Crippen molar-refractivity contribution in [1.29, 1.82) is 0 Å². The highest BCUT2D eigenvalue weighted by molar-refractivity contribution is 5.14. The molecule has 0 aliphatic carbocycles. The Bertz CT molecular complexity index is 267. The second-order valence-corrected chi connectivity index (χ2v) is 4.17. The molecule has 0 radical (unpaired) electrons. The van der Waals surface area contributed by atoms with E-state index in [1.807, 2.05) is 0 Å². The van der Waals surface area contributed by atoms with Gasteiger partial charge in [-0.2, -0.15) is 0 Å². The summed E-state index contributed by atoms with van der Waals surface area (Å²) >= 11 is 0. The minimum atomic E-state index is 0.737. The van der Waals surface area contributed by atoms with Crippen LogP contribution in [-0.2, 0) is 11.2 Å². The van der Waals surface area contributed by atoms with E-state index < -0.39 is 0 Å². The van der Waals surface area contributed by atoms with Gasteiger partial charge in [0.05, 0.1) is 13.2 Å². The molecule has 2 heteroatoms. The van der Waals surface area contributed by atoms with Gasteiger partial charge < -0.3 is 10.1 Å². The highest BCUT2D eigenvalue weighted by Gasteiger charge is 2.13. The molecule has 1 unspecified atom stereocenters. The van der Waals surface area contributed by atoms with Crippen LogP contribution in [0.1, 0.15) is 12.0 Å². The van der Waals surface area contributed by atoms with Crippen molar-refractivity contribution in [2.45, 2.75) is 12.8 Å². The van der Waals surface area contributed by atoms with Crippen molar-refractivity contribution in [3.63, 3.8) is 0 Å². The number of rotatable bonds is 5. The van der Waals surface area contributed by atoms with E-state index in [1.54, 1.807) is 0 Å². The summed E-state index contributed by atoms with van der Waals surface area (Å²) in [5, 5.41) is 3.35. The Balaban J connectivity index is 1.59. The van der Waals surface area contributed by atoms with Gasteiger partial charge in [0.15, 0.2) is 0 Å². The van der Waals surface area contributed by atoms with Crippen molar-refractivity contribution >= 4 is 0 Å². The molecule has 0 saturated carbocycles. The lowest BCUT2D eigenvalue weighted by atomic mass is 10.1. The molecular weight excluding hydrogens is 186 g/mol. The van der Waals surface area contributed by atoms with Crippen LogP contribution in [0.5, 0.6) is 0 Å². The topological polar surface area (TPSA) is 21.3 Å². The van der Waals surface area contributed by atoms with Crippen molar-refractivity contribution in [3.8, 4) is 0 Å². The summed E-state index contributed by atoms with van der Waals surface area (Å²) in [7, 11) is 0. The molecule has 15 heavy (non-hydrogen) atoms. The standard InChI is InChI=1S/C13H19NO/c1-2-4-12(5-3-1)7-9-15-11-13-6-8-14-10-13/h1-5,13-14H,6-11H2. The van der Waals surface area contributed by atoms with Gasteiger partial charge >= 0.3 is 0 Å². The SMILES string of the molecule is c1ccc(CCOCC2CCNC2)cc1. The Hall–Kier alpha value is -0.860. The fourth-order valence-corrected chi connectivity index (χ4v) is 1.94. The molecule has 2 nitrogen and oxygen atoms in total. The lowest BCUT2D eigenvalue weighted by molar-refractivity contribution is 0.108. The predicted molar refractivity (Wildman–Crippen MR) is 61.9 cm³/mol. The van der Waals surface area contributed by atoms with Crippen molar-refractivity contribution in [3.05, 3.63) is 35.9 Å². The molecule has 0 spiro atoms. The average molecular weight is 205 g/mol. The van der Waals surface area contributed by atoms with Crippen molar-refractivity contribution < 1.29 is 4.74 Å². The number of hydrogen-bond donors (Lipinski definition) is 1. The van der Waals surface area contributed by atoms with E-state index in [9.17, 15) is 0 Å². The van der Waals surface area contributed by atoms with Crippen LogP contribution >= 0.6 is 0 Å². The molecule has 82 valence electrons. The Morgan fingerprint density at radius 1 is 1.27 bits per heavy atom. The van der Waals surface area contributed by atoms with Gasteiger partial charge in [0.2, 0.25) is 0 Å². The third kappa shape index (κ3) is 3.65. The van der Waals surface area contributed by atoms with Crippen LogP contribution in [0, 0.1) is 5.92 Å². The van der Waals surface area contributed by atoms with Gasteiger partial charge in [-0.05, 0) is 30.9 Å². The Labute approximate surface area is 91.6 Å². The normalized spacial score (nSPS) is 20.7. The van der Waals surface area contributed by atoms with E-state index in [0.717, 1.165) is 38.6 Å². The number of benzene rings is 1. The van der Waals surface area contributed by atoms with Gasteiger partial charge in [-0.15, -0.1) is 0 Å². The van der Waals surface area contributed by atoms with E-state index in [1.165, 1.54) is 12.0 Å². The van der Waals surface area contributed by atoms with Crippen LogP contribution in [0.25, 0.3) is 0 Å². The van der Waals surface area contributed by atoms with E-state index >= 15 is 0 Å². The quantitative estimate of drug-likeness (QED) is 0.741. The lowest BCUT2D eigenvalue weighted by Gasteiger charge is -2.09. The molecule has 1 heterocycles. The molecule has 1 saturated heterocycles. The third-order valence-corrected chi connectivity index (χ3v) is 2.89. The van der Waals surface area contributed by atoms with Crippen LogP contribution in [0.15, 0.2) is 30.3 Å². The van der Waals surface area contributed by atoms with Crippen molar-refractivity contribution in [2.75, 3.05) is 26.3 Å². The smallest absolute Gasteiger partial charge is 0.0507 e. The third-order valence-electron chi connectivity index (χ3n) is 2.89. The number of ether oxygens (including phenoxy) is 1. The molecule has 0 bridgehead atoms. The maximum Gasteiger partial charge on any atom is 0.0507 e. The van der Waals surface area contributed by atoms with Crippen molar-refractivity contribution in [1.82, 2.24) is 5.32 Å². The summed E-state index contributed by atoms with van der Waals surface area (Å²) in [6.45, 7) is 4.05. The van der Waals surface area contributed by atoms with Gasteiger partial charge in [0, 0.05) is 6.54 Å². The molecule has 1 aromatic carbocycles. The van der Waals surface area contributed by atoms with E-state index in [-0.39, 0.29) is 0 Å². The highest BCUT2D eigenvalue weighted by atomic mass is 16.5. The second-order valence-electron chi connectivity index (χ2n) is 4.17. The summed E-state index contributed by atoms with van der Waals surface area (Å²) in [6, 6.07) is 10.5. The zero-order valence-corrected chi connectivity index (χ0v) is 9.11. The monoisotopic (exact) mass is 205 g/mol. The number of nitrogens with one attached hydrogen (secondary N) is 1. The fourth-order valence-electron chi connectivity index (χ4n) is 1.94. The minimum Gasteiger partial charge on any atom is -0.381 e. The summed E-state index contributed by atoms with van der Waals surface area (Å²) in [4.78, 5) is 0. The predicted octanol–water partition coefficient (Wildman–Crippen LogP) is 1.86. The molecular formula is C13H19NO. The molecule has 1 N–H and O–H groups in total. The van der Waals surface area contributed by atoms with E-state index in [0.29, 0.717) is 0 Å². The first-order chi connectivity index (χ1) is 7.45. The summed E-state index contributed by atoms with van der Waals surface area (Å²) < 4.78 is 5.68. The van der Waals surface area contributed by atoms with Crippen LogP contribution in [-0.4, -0.2) is 26.3 Å². The second kappa shape index (κ2) is 5.89. The first-order valence-corrected chi connectivity index (χ1v) is 5.77. The summed E-state index contributed by atoms with van der Waals surface area (Å²) in [6.07, 6.45) is 2.30. The fraction of sp³-hybridized carbons (Fsp3) is 0.538. The van der Waals surface area contributed by atoms with Crippen molar-refractivity contribution in [2.24, 2.45) is 5.92 Å². The van der Waals surface area contributed by atoms with Crippen LogP contribution in [0.3, 0.4) is 0 Å². The first-order valence-electron chi connectivity index (χ1n) is 5.77. The lowest BCUT2D eigenvalue weighted by Crippen LogP contribution is -2.14. The summed E-state index contributed by atoms with van der Waals surface area (Å²) in [5.74, 6) is 0.737. The van der Waals surface area contributed by atoms with Gasteiger partial charge in [0.1, 0.15) is 0 Å². The van der Waals surface area contributed by atoms with Gasteiger partial charge in [-0.1, -0.05) is 30.3 Å². The zero-order valence-electron chi connectivity index (χ0n) is 9.11. The molecule has 1 aromatic rings. The highest BCUT2D eigenvalue weighted by Crippen LogP contribution is 2.08. The zero-order chi connectivity index (χ0) is 10.3. The summed E-state index contributed by atoms with van der Waals surface area (Å²) in [5.41, 5.74) is 1.36. The molecule has 0 amide bonds. The number of hydrogen-bond acceptors (Lipinski definition) is 2. The van der Waals surface area contributed by atoms with Crippen LogP contribution in [0.4, 0.5) is 0 Å². The molecule has 1 atom stereocenters. The Kier molecular flexibility index (Phi) is 4.18. The maximum atomic E-state index is 5.68. The largest absolute Gasteiger partial charge is 0.381 e. The Morgan fingerprint density at radius 3 is 2.87 bits per heavy atom. The molecule has 2 rings (SSSR count). The maximum absolute atomic E-state index is 5.68. The van der Waals surface area contributed by atoms with Crippen LogP contribution < -0.4 is 5.32 Å². The Morgan fingerprint density at radius 2 is 2.13 bits per heavy atom. The average Bonchev–Trinajstić information content (AvgIpc) is 2.79. The first kappa shape index (κ1) is 10.7. The van der Waals surface area contributed by atoms with Gasteiger partial charge in [-0.3, -0.25) is 0 Å². The molecule has 1 fully saturated rings. The molecule has 1 aliphatic rings. The van der Waals surface area contributed by atoms with E-state index in [2.05, 4.69) is 35.6 Å². The minimum absolute atomic E-state index is 0.737. The molecule has 1 aliphatic heterocycles. The van der Waals surface area contributed by atoms with Gasteiger partial charge in [-0.25, -0.2) is 0 Å². The van der Waals surface area contributed by atoms with Gasteiger partial charge in [0.25, 0.3) is 0 Å².